The molecule has 0 aliphatic heterocycles. The summed E-state index contributed by atoms with van der Waals surface area (Å²) in [6.45, 7) is 3.03. The second-order valence-electron chi connectivity index (χ2n) is 5.36. The average Bonchev–Trinajstić information content (AvgIpc) is 3.14. The highest BCUT2D eigenvalue weighted by atomic mass is 16.2. The number of aliphatic hydroxyl groups excluding tert-OH is 1. The van der Waals surface area contributed by atoms with E-state index in [1.54, 1.807) is 23.4 Å². The summed E-state index contributed by atoms with van der Waals surface area (Å²) in [6, 6.07) is 1.71. The summed E-state index contributed by atoms with van der Waals surface area (Å²) >= 11 is 0. The van der Waals surface area contributed by atoms with Crippen molar-refractivity contribution in [3.05, 3.63) is 29.6 Å². The zero-order chi connectivity index (χ0) is 14.5. The second kappa shape index (κ2) is 6.53. The molecule has 2 rings (SSSR count). The van der Waals surface area contributed by atoms with Crippen LogP contribution in [0.5, 0.6) is 0 Å². The summed E-state index contributed by atoms with van der Waals surface area (Å²) in [7, 11) is 1.83. The van der Waals surface area contributed by atoms with Gasteiger partial charge < -0.3 is 10.0 Å². The van der Waals surface area contributed by atoms with Gasteiger partial charge in [0.05, 0.1) is 17.7 Å². The first-order valence-corrected chi connectivity index (χ1v) is 6.92. The molecular formula is C16H20N2O2. The molecule has 1 saturated carbocycles. The van der Waals surface area contributed by atoms with Gasteiger partial charge in [-0.1, -0.05) is 18.8 Å². The van der Waals surface area contributed by atoms with E-state index in [0.29, 0.717) is 23.5 Å². The van der Waals surface area contributed by atoms with Crippen molar-refractivity contribution in [2.45, 2.75) is 19.8 Å². The fourth-order valence-corrected chi connectivity index (χ4v) is 2.19. The fraction of sp³-hybridized carbons (Fsp3) is 0.500. The minimum absolute atomic E-state index is 0.0141. The second-order valence-corrected chi connectivity index (χ2v) is 5.36. The maximum Gasteiger partial charge on any atom is 0.254 e. The first-order valence-electron chi connectivity index (χ1n) is 6.92. The Kier molecular flexibility index (Phi) is 4.75. The van der Waals surface area contributed by atoms with Gasteiger partial charge in [0.2, 0.25) is 0 Å². The molecule has 1 N–H and O–H groups in total. The summed E-state index contributed by atoms with van der Waals surface area (Å²) in [6.07, 6.45) is 4.82. The Morgan fingerprint density at radius 1 is 1.60 bits per heavy atom. The number of hydrogen-bond donors (Lipinski definition) is 1. The van der Waals surface area contributed by atoms with Crippen molar-refractivity contribution in [3.8, 4) is 11.8 Å². The number of carbonyl (C=O) groups is 1. The molecule has 1 heterocycles. The Bertz CT molecular complexity index is 545. The molecule has 0 bridgehead atoms. The molecule has 1 fully saturated rings. The van der Waals surface area contributed by atoms with Crippen molar-refractivity contribution >= 4 is 5.91 Å². The normalized spacial score (nSPS) is 19.9. The van der Waals surface area contributed by atoms with Gasteiger partial charge in [0, 0.05) is 32.4 Å². The smallest absolute Gasteiger partial charge is 0.254 e. The summed E-state index contributed by atoms with van der Waals surface area (Å²) < 4.78 is 0. The summed E-state index contributed by atoms with van der Waals surface area (Å²) in [5.74, 6) is 7.09. The lowest BCUT2D eigenvalue weighted by Gasteiger charge is -2.17. The Hall–Kier alpha value is -1.86. The maximum absolute atomic E-state index is 12.4. The highest BCUT2D eigenvalue weighted by Gasteiger charge is 2.34. The van der Waals surface area contributed by atoms with E-state index in [2.05, 4.69) is 23.7 Å². The van der Waals surface area contributed by atoms with Crippen molar-refractivity contribution in [3.63, 3.8) is 0 Å². The minimum atomic E-state index is -0.0141. The molecule has 4 heteroatoms. The minimum Gasteiger partial charge on any atom is -0.395 e. The highest BCUT2D eigenvalue weighted by molar-refractivity contribution is 5.96. The fourth-order valence-electron chi connectivity index (χ4n) is 2.19. The first kappa shape index (κ1) is 14.5. The Balaban J connectivity index is 2.10. The van der Waals surface area contributed by atoms with E-state index < -0.39 is 0 Å². The monoisotopic (exact) mass is 272 g/mol. The number of carbonyl (C=O) groups excluding carboxylic acids is 1. The van der Waals surface area contributed by atoms with Crippen LogP contribution in [0.25, 0.3) is 0 Å². The molecule has 1 aromatic heterocycles. The average molecular weight is 272 g/mol. The third-order valence-electron chi connectivity index (χ3n) is 3.64. The van der Waals surface area contributed by atoms with E-state index in [9.17, 15) is 4.79 Å². The molecular weight excluding hydrogens is 252 g/mol. The topological polar surface area (TPSA) is 53.4 Å². The molecule has 1 aliphatic rings. The van der Waals surface area contributed by atoms with Gasteiger partial charge in [-0.25, -0.2) is 0 Å². The Morgan fingerprint density at radius 3 is 3.00 bits per heavy atom. The van der Waals surface area contributed by atoms with Crippen LogP contribution in [-0.2, 0) is 0 Å². The van der Waals surface area contributed by atoms with Gasteiger partial charge in [0.1, 0.15) is 0 Å². The van der Waals surface area contributed by atoms with Crippen LogP contribution in [0.15, 0.2) is 18.5 Å². The lowest BCUT2D eigenvalue weighted by molar-refractivity contribution is 0.0786. The number of pyridine rings is 1. The van der Waals surface area contributed by atoms with Crippen LogP contribution < -0.4 is 0 Å². The summed E-state index contributed by atoms with van der Waals surface area (Å²) in [5.41, 5.74) is 1.21. The molecule has 2 atom stereocenters. The number of hydrogen-bond acceptors (Lipinski definition) is 3. The van der Waals surface area contributed by atoms with Crippen molar-refractivity contribution in [2.24, 2.45) is 11.8 Å². The molecule has 4 nitrogen and oxygen atoms in total. The molecule has 1 aromatic rings. The molecule has 0 spiro atoms. The number of rotatable bonds is 4. The van der Waals surface area contributed by atoms with Crippen LogP contribution in [0.1, 0.15) is 35.7 Å². The zero-order valence-electron chi connectivity index (χ0n) is 12.0. The molecule has 106 valence electrons. The largest absolute Gasteiger partial charge is 0.395 e. The standard InChI is InChI=1S/C16H20N2O2/c1-12-9-14(12)11-18(2)16(20)15-6-7-17-10-13(15)5-3-4-8-19/h6-7,10,12,14,19H,4,8-9,11H2,1-2H3. The van der Waals surface area contributed by atoms with Gasteiger partial charge in [-0.2, -0.15) is 0 Å². The molecule has 1 amide bonds. The Morgan fingerprint density at radius 2 is 2.35 bits per heavy atom. The maximum atomic E-state index is 12.4. The van der Waals surface area contributed by atoms with Crippen molar-refractivity contribution in [2.75, 3.05) is 20.2 Å². The van der Waals surface area contributed by atoms with Crippen molar-refractivity contribution in [1.29, 1.82) is 0 Å². The quantitative estimate of drug-likeness (QED) is 0.846. The van der Waals surface area contributed by atoms with Crippen LogP contribution in [0.2, 0.25) is 0 Å². The molecule has 2 unspecified atom stereocenters. The SMILES string of the molecule is CC1CC1CN(C)C(=O)c1ccncc1C#CCCO. The van der Waals surface area contributed by atoms with Crippen molar-refractivity contribution in [1.82, 2.24) is 9.88 Å². The van der Waals surface area contributed by atoms with E-state index in [4.69, 9.17) is 5.11 Å². The molecule has 0 radical (unpaired) electrons. The van der Waals surface area contributed by atoms with Crippen LogP contribution in [-0.4, -0.2) is 41.1 Å². The lowest BCUT2D eigenvalue weighted by atomic mass is 10.1. The van der Waals surface area contributed by atoms with E-state index >= 15 is 0 Å². The summed E-state index contributed by atoms with van der Waals surface area (Å²) in [5, 5.41) is 8.75. The van der Waals surface area contributed by atoms with E-state index in [1.807, 2.05) is 7.05 Å². The third kappa shape index (κ3) is 3.58. The van der Waals surface area contributed by atoms with Gasteiger partial charge >= 0.3 is 0 Å². The summed E-state index contributed by atoms with van der Waals surface area (Å²) in [4.78, 5) is 18.2. The number of nitrogens with zero attached hydrogens (tertiary/aromatic N) is 2. The number of amides is 1. The van der Waals surface area contributed by atoms with E-state index in [-0.39, 0.29) is 12.5 Å². The van der Waals surface area contributed by atoms with Gasteiger partial charge in [-0.15, -0.1) is 0 Å². The predicted octanol–water partition coefficient (Wildman–Crippen LogP) is 1.54. The van der Waals surface area contributed by atoms with Crippen LogP contribution in [0, 0.1) is 23.7 Å². The van der Waals surface area contributed by atoms with Gasteiger partial charge in [0.25, 0.3) is 5.91 Å². The predicted molar refractivity (Wildman–Crippen MR) is 77.0 cm³/mol. The lowest BCUT2D eigenvalue weighted by Crippen LogP contribution is -2.29. The Labute approximate surface area is 119 Å². The first-order chi connectivity index (χ1) is 9.63. The zero-order valence-corrected chi connectivity index (χ0v) is 12.0. The highest BCUT2D eigenvalue weighted by Crippen LogP contribution is 2.38. The number of aromatic nitrogens is 1. The van der Waals surface area contributed by atoms with Crippen molar-refractivity contribution < 1.29 is 9.90 Å². The van der Waals surface area contributed by atoms with Crippen LogP contribution >= 0.6 is 0 Å². The van der Waals surface area contributed by atoms with Gasteiger partial charge in [0.15, 0.2) is 0 Å². The molecule has 0 saturated heterocycles. The molecule has 0 aromatic carbocycles. The molecule has 1 aliphatic carbocycles. The van der Waals surface area contributed by atoms with Gasteiger partial charge in [-0.3, -0.25) is 9.78 Å². The van der Waals surface area contributed by atoms with E-state index in [1.165, 1.54) is 6.42 Å². The third-order valence-corrected chi connectivity index (χ3v) is 3.64. The molecule has 20 heavy (non-hydrogen) atoms. The van der Waals surface area contributed by atoms with Crippen LogP contribution in [0.3, 0.4) is 0 Å². The van der Waals surface area contributed by atoms with Crippen LogP contribution in [0.4, 0.5) is 0 Å². The van der Waals surface area contributed by atoms with Gasteiger partial charge in [-0.05, 0) is 24.3 Å². The van der Waals surface area contributed by atoms with E-state index in [0.717, 1.165) is 12.5 Å². The number of aliphatic hydroxyl groups is 1.